The number of hydrogen-bond acceptors (Lipinski definition) is 3. The van der Waals surface area contributed by atoms with Crippen molar-refractivity contribution in [3.8, 4) is 5.75 Å². The van der Waals surface area contributed by atoms with Gasteiger partial charge in [-0.15, -0.1) is 13.2 Å². The molecule has 3 atom stereocenters. The standard InChI is InChI=1S/C16H18F3NO3/c17-16(18,19)23-14-4-2-1-3-11(14)12-7-13(12)15(21)20-8-10-5-6-22-9-10/h1-4,10,12-13H,5-9H2,(H,20,21)/t10-,12-,13+/m0/s1. The zero-order valence-electron chi connectivity index (χ0n) is 12.4. The van der Waals surface area contributed by atoms with Crippen LogP contribution in [0.15, 0.2) is 24.3 Å². The number of amides is 1. The Labute approximate surface area is 132 Å². The highest BCUT2D eigenvalue weighted by Crippen LogP contribution is 2.51. The third kappa shape index (κ3) is 4.16. The zero-order valence-corrected chi connectivity index (χ0v) is 12.4. The lowest BCUT2D eigenvalue weighted by molar-refractivity contribution is -0.274. The van der Waals surface area contributed by atoms with Gasteiger partial charge in [-0.05, 0) is 30.4 Å². The van der Waals surface area contributed by atoms with E-state index in [9.17, 15) is 18.0 Å². The second-order valence-electron chi connectivity index (χ2n) is 6.01. The molecule has 0 unspecified atom stereocenters. The van der Waals surface area contributed by atoms with Crippen molar-refractivity contribution in [1.29, 1.82) is 0 Å². The first-order chi connectivity index (χ1) is 10.9. The van der Waals surface area contributed by atoms with Crippen LogP contribution < -0.4 is 10.1 Å². The van der Waals surface area contributed by atoms with Gasteiger partial charge in [-0.25, -0.2) is 0 Å². The number of ether oxygens (including phenoxy) is 2. The summed E-state index contributed by atoms with van der Waals surface area (Å²) >= 11 is 0. The van der Waals surface area contributed by atoms with Crippen molar-refractivity contribution in [2.45, 2.75) is 25.1 Å². The molecule has 3 rings (SSSR count). The van der Waals surface area contributed by atoms with E-state index in [4.69, 9.17) is 4.74 Å². The molecule has 1 saturated carbocycles. The predicted molar refractivity (Wildman–Crippen MR) is 75.9 cm³/mol. The minimum atomic E-state index is -4.73. The summed E-state index contributed by atoms with van der Waals surface area (Å²) in [5.41, 5.74) is 0.439. The van der Waals surface area contributed by atoms with Crippen molar-refractivity contribution in [2.75, 3.05) is 19.8 Å². The highest BCUT2D eigenvalue weighted by Gasteiger charge is 2.46. The van der Waals surface area contributed by atoms with Gasteiger partial charge in [0, 0.05) is 25.0 Å². The Bertz CT molecular complexity index is 570. The summed E-state index contributed by atoms with van der Waals surface area (Å²) in [6.45, 7) is 1.92. The van der Waals surface area contributed by atoms with Crippen LogP contribution in [0.25, 0.3) is 0 Å². The van der Waals surface area contributed by atoms with Crippen molar-refractivity contribution in [3.05, 3.63) is 29.8 Å². The van der Waals surface area contributed by atoms with Gasteiger partial charge in [0.2, 0.25) is 5.91 Å². The Kier molecular flexibility index (Phi) is 4.48. The molecule has 7 heteroatoms. The fourth-order valence-corrected chi connectivity index (χ4v) is 2.95. The van der Waals surface area contributed by atoms with Crippen LogP contribution in [0.5, 0.6) is 5.75 Å². The fraction of sp³-hybridized carbons (Fsp3) is 0.562. The molecule has 1 aromatic carbocycles. The Hall–Kier alpha value is -1.76. The second kappa shape index (κ2) is 6.39. The topological polar surface area (TPSA) is 47.6 Å². The number of hydrogen-bond donors (Lipinski definition) is 1. The van der Waals surface area contributed by atoms with Crippen molar-refractivity contribution >= 4 is 5.91 Å². The number of carbonyl (C=O) groups is 1. The lowest BCUT2D eigenvalue weighted by Crippen LogP contribution is -2.31. The summed E-state index contributed by atoms with van der Waals surface area (Å²) < 4.78 is 46.6. The average Bonchev–Trinajstić information content (AvgIpc) is 3.10. The maximum absolute atomic E-state index is 12.4. The summed E-state index contributed by atoms with van der Waals surface area (Å²) in [4.78, 5) is 12.1. The third-order valence-electron chi connectivity index (χ3n) is 4.26. The Morgan fingerprint density at radius 1 is 1.35 bits per heavy atom. The smallest absolute Gasteiger partial charge is 0.405 e. The highest BCUT2D eigenvalue weighted by molar-refractivity contribution is 5.83. The number of benzene rings is 1. The lowest BCUT2D eigenvalue weighted by Gasteiger charge is -2.13. The first kappa shape index (κ1) is 16.1. The largest absolute Gasteiger partial charge is 0.573 e. The summed E-state index contributed by atoms with van der Waals surface area (Å²) in [6, 6.07) is 6.01. The number of alkyl halides is 3. The molecule has 0 spiro atoms. The number of halogens is 3. The quantitative estimate of drug-likeness (QED) is 0.904. The molecule has 0 aromatic heterocycles. The van der Waals surface area contributed by atoms with Crippen molar-refractivity contribution in [2.24, 2.45) is 11.8 Å². The van der Waals surface area contributed by atoms with E-state index in [0.29, 0.717) is 31.1 Å². The second-order valence-corrected chi connectivity index (χ2v) is 6.01. The minimum absolute atomic E-state index is 0.108. The first-order valence-corrected chi connectivity index (χ1v) is 7.64. The zero-order chi connectivity index (χ0) is 16.4. The fourth-order valence-electron chi connectivity index (χ4n) is 2.95. The lowest BCUT2D eigenvalue weighted by atomic mass is 10.1. The van der Waals surface area contributed by atoms with Crippen LogP contribution in [0.2, 0.25) is 0 Å². The van der Waals surface area contributed by atoms with Gasteiger partial charge in [-0.3, -0.25) is 4.79 Å². The van der Waals surface area contributed by atoms with E-state index in [0.717, 1.165) is 13.0 Å². The number of nitrogens with one attached hydrogen (secondary N) is 1. The molecule has 0 radical (unpaired) electrons. The van der Waals surface area contributed by atoms with Gasteiger partial charge in [0.25, 0.3) is 0 Å². The van der Waals surface area contributed by atoms with Gasteiger partial charge in [-0.2, -0.15) is 0 Å². The highest BCUT2D eigenvalue weighted by atomic mass is 19.4. The van der Waals surface area contributed by atoms with E-state index in [1.54, 1.807) is 12.1 Å². The maximum atomic E-state index is 12.4. The van der Waals surface area contributed by atoms with Gasteiger partial charge in [-0.1, -0.05) is 18.2 Å². The van der Waals surface area contributed by atoms with Crippen LogP contribution in [-0.4, -0.2) is 32.0 Å². The van der Waals surface area contributed by atoms with Gasteiger partial charge >= 0.3 is 6.36 Å². The van der Waals surface area contributed by atoms with Crippen molar-refractivity contribution < 1.29 is 27.4 Å². The summed E-state index contributed by atoms with van der Waals surface area (Å²) in [5, 5.41) is 2.87. The van der Waals surface area contributed by atoms with Crippen LogP contribution in [0.1, 0.15) is 24.3 Å². The molecule has 1 aliphatic carbocycles. The Morgan fingerprint density at radius 2 is 2.13 bits per heavy atom. The Balaban J connectivity index is 1.58. The minimum Gasteiger partial charge on any atom is -0.405 e. The van der Waals surface area contributed by atoms with Gasteiger partial charge in [0.05, 0.1) is 6.61 Å². The van der Waals surface area contributed by atoms with E-state index in [1.165, 1.54) is 12.1 Å². The molecule has 0 bridgehead atoms. The molecule has 1 N–H and O–H groups in total. The van der Waals surface area contributed by atoms with E-state index in [2.05, 4.69) is 10.1 Å². The Morgan fingerprint density at radius 3 is 2.83 bits per heavy atom. The maximum Gasteiger partial charge on any atom is 0.573 e. The van der Waals surface area contributed by atoms with Gasteiger partial charge in [0.15, 0.2) is 0 Å². The molecule has 1 aliphatic heterocycles. The molecule has 1 aromatic rings. The monoisotopic (exact) mass is 329 g/mol. The first-order valence-electron chi connectivity index (χ1n) is 7.64. The molecular formula is C16H18F3NO3. The average molecular weight is 329 g/mol. The normalized spacial score (nSPS) is 26.8. The molecule has 1 saturated heterocycles. The van der Waals surface area contributed by atoms with E-state index in [1.807, 2.05) is 0 Å². The van der Waals surface area contributed by atoms with Crippen molar-refractivity contribution in [1.82, 2.24) is 5.32 Å². The SMILES string of the molecule is O=C(NC[C@@H]1CCOC1)[C@@H]1C[C@H]1c1ccccc1OC(F)(F)F. The molecule has 4 nitrogen and oxygen atoms in total. The molecule has 1 amide bonds. The number of rotatable bonds is 5. The van der Waals surface area contributed by atoms with Gasteiger partial charge in [0.1, 0.15) is 5.75 Å². The summed E-state index contributed by atoms with van der Waals surface area (Å²) in [7, 11) is 0. The molecule has 1 heterocycles. The van der Waals surface area contributed by atoms with Crippen LogP contribution in [0.4, 0.5) is 13.2 Å². The van der Waals surface area contributed by atoms with Crippen molar-refractivity contribution in [3.63, 3.8) is 0 Å². The van der Waals surface area contributed by atoms with E-state index >= 15 is 0 Å². The van der Waals surface area contributed by atoms with E-state index in [-0.39, 0.29) is 23.5 Å². The number of carbonyl (C=O) groups excluding carboxylic acids is 1. The molecule has 23 heavy (non-hydrogen) atoms. The number of para-hydroxylation sites is 1. The molecule has 2 aliphatic rings. The van der Waals surface area contributed by atoms with Gasteiger partial charge < -0.3 is 14.8 Å². The predicted octanol–water partition coefficient (Wildman–Crippen LogP) is 2.84. The van der Waals surface area contributed by atoms with Crippen LogP contribution >= 0.6 is 0 Å². The van der Waals surface area contributed by atoms with E-state index < -0.39 is 6.36 Å². The third-order valence-corrected chi connectivity index (χ3v) is 4.26. The summed E-state index contributed by atoms with van der Waals surface area (Å²) in [6.07, 6.45) is -3.26. The van der Waals surface area contributed by atoms with Crippen LogP contribution in [0, 0.1) is 11.8 Å². The summed E-state index contributed by atoms with van der Waals surface area (Å²) in [5.74, 6) is -0.492. The molecule has 126 valence electrons. The van der Waals surface area contributed by atoms with Crippen LogP contribution in [-0.2, 0) is 9.53 Å². The van der Waals surface area contributed by atoms with Crippen LogP contribution in [0.3, 0.4) is 0 Å². The molecule has 2 fully saturated rings. The molecular weight excluding hydrogens is 311 g/mol.